The third-order valence-electron chi connectivity index (χ3n) is 3.34. The Bertz CT molecular complexity index is 404. The van der Waals surface area contributed by atoms with E-state index < -0.39 is 0 Å². The molecule has 100 valence electrons. The van der Waals surface area contributed by atoms with E-state index >= 15 is 0 Å². The van der Waals surface area contributed by atoms with Gasteiger partial charge in [0.2, 0.25) is 0 Å². The van der Waals surface area contributed by atoms with E-state index in [9.17, 15) is 0 Å². The summed E-state index contributed by atoms with van der Waals surface area (Å²) in [6.07, 6.45) is 6.49. The fourth-order valence-electron chi connectivity index (χ4n) is 2.34. The number of aromatic nitrogens is 2. The molecule has 1 heterocycles. The number of nitrogen functional groups attached to an aromatic ring is 1. The molecule has 1 aromatic heterocycles. The first-order chi connectivity index (χ1) is 8.51. The largest absolute Gasteiger partial charge is 0.395 e. The predicted octanol–water partition coefficient (Wildman–Crippen LogP) is 3.42. The summed E-state index contributed by atoms with van der Waals surface area (Å²) in [4.78, 5) is 8.49. The molecule has 2 N–H and O–H groups in total. The van der Waals surface area contributed by atoms with Gasteiger partial charge in [0.25, 0.3) is 0 Å². The second kappa shape index (κ2) is 6.78. The van der Waals surface area contributed by atoms with Crippen molar-refractivity contribution >= 4 is 17.4 Å². The topological polar surface area (TPSA) is 51.8 Å². The Morgan fingerprint density at radius 2 is 2.06 bits per heavy atom. The van der Waals surface area contributed by atoms with E-state index in [1.165, 1.54) is 0 Å². The van der Waals surface area contributed by atoms with Gasteiger partial charge in [-0.3, -0.25) is 0 Å². The first kappa shape index (κ1) is 15.0. The monoisotopic (exact) mass is 265 g/mol. The van der Waals surface area contributed by atoms with Crippen molar-refractivity contribution in [1.82, 2.24) is 9.97 Å². The summed E-state index contributed by atoms with van der Waals surface area (Å²) in [7, 11) is 0. The van der Waals surface area contributed by atoms with Crippen molar-refractivity contribution < 1.29 is 0 Å². The average molecular weight is 265 g/mol. The van der Waals surface area contributed by atoms with Crippen LogP contribution >= 0.6 is 11.8 Å². The van der Waals surface area contributed by atoms with Crippen molar-refractivity contribution in [3.63, 3.8) is 0 Å². The molecule has 0 aliphatic rings. The minimum Gasteiger partial charge on any atom is -0.395 e. The quantitative estimate of drug-likeness (QED) is 0.486. The van der Waals surface area contributed by atoms with Gasteiger partial charge in [0.1, 0.15) is 11.4 Å². The number of thioether (sulfide) groups is 1. The van der Waals surface area contributed by atoms with Crippen LogP contribution in [0.4, 0.5) is 5.69 Å². The van der Waals surface area contributed by atoms with E-state index in [1.54, 1.807) is 18.1 Å². The highest BCUT2D eigenvalue weighted by atomic mass is 32.2. The smallest absolute Gasteiger partial charge is 0.122 e. The first-order valence-electron chi connectivity index (χ1n) is 6.27. The normalized spacial score (nSPS) is 14.5. The van der Waals surface area contributed by atoms with Crippen molar-refractivity contribution in [1.29, 1.82) is 0 Å². The van der Waals surface area contributed by atoms with Crippen LogP contribution in [0.25, 0.3) is 0 Å². The summed E-state index contributed by atoms with van der Waals surface area (Å²) in [5.74, 6) is 1.55. The summed E-state index contributed by atoms with van der Waals surface area (Å²) in [6.45, 7) is 10.6. The summed E-state index contributed by atoms with van der Waals surface area (Å²) in [5, 5.41) is 0.868. The van der Waals surface area contributed by atoms with Crippen LogP contribution in [0.3, 0.4) is 0 Å². The fraction of sp³-hybridized carbons (Fsp3) is 0.571. The van der Waals surface area contributed by atoms with Crippen LogP contribution in [-0.2, 0) is 6.42 Å². The molecule has 0 aliphatic carbocycles. The number of anilines is 1. The number of nitrogens with zero attached hydrogens (tertiary/aromatic N) is 2. The number of nitrogens with two attached hydrogens (primary N) is 1. The van der Waals surface area contributed by atoms with Gasteiger partial charge in [-0.05, 0) is 30.4 Å². The number of allylic oxidation sites excluding steroid dienone is 1. The maximum atomic E-state index is 6.09. The van der Waals surface area contributed by atoms with Crippen molar-refractivity contribution in [2.75, 3.05) is 12.0 Å². The van der Waals surface area contributed by atoms with Crippen LogP contribution in [0, 0.1) is 17.8 Å². The SMILES string of the molecule is C=CC(C(C)C)C(C)Cc1ncnc(SC)c1N. The Morgan fingerprint density at radius 3 is 2.56 bits per heavy atom. The number of hydrogen-bond acceptors (Lipinski definition) is 4. The van der Waals surface area contributed by atoms with Crippen molar-refractivity contribution in [2.45, 2.75) is 32.2 Å². The number of rotatable bonds is 6. The fourth-order valence-corrected chi connectivity index (χ4v) is 2.83. The molecule has 0 radical (unpaired) electrons. The van der Waals surface area contributed by atoms with Crippen LogP contribution in [0.15, 0.2) is 24.0 Å². The van der Waals surface area contributed by atoms with Crippen LogP contribution in [0.1, 0.15) is 26.5 Å². The Morgan fingerprint density at radius 1 is 1.39 bits per heavy atom. The van der Waals surface area contributed by atoms with Gasteiger partial charge in [0, 0.05) is 0 Å². The standard InChI is InChI=1S/C14H23N3S/c1-6-11(9(2)3)10(4)7-12-13(15)14(18-5)17-8-16-12/h6,8-11H,1,7,15H2,2-5H3. The third-order valence-corrected chi connectivity index (χ3v) is 4.05. The van der Waals surface area contributed by atoms with Crippen LogP contribution in [0.2, 0.25) is 0 Å². The van der Waals surface area contributed by atoms with Gasteiger partial charge in [-0.25, -0.2) is 9.97 Å². The highest BCUT2D eigenvalue weighted by Gasteiger charge is 2.20. The lowest BCUT2D eigenvalue weighted by molar-refractivity contribution is 0.330. The first-order valence-corrected chi connectivity index (χ1v) is 7.49. The van der Waals surface area contributed by atoms with E-state index in [2.05, 4.69) is 37.3 Å². The molecule has 1 aromatic rings. The molecule has 4 heteroatoms. The molecule has 0 spiro atoms. The van der Waals surface area contributed by atoms with E-state index in [4.69, 9.17) is 5.73 Å². The lowest BCUT2D eigenvalue weighted by Crippen LogP contribution is -2.19. The maximum Gasteiger partial charge on any atom is 0.122 e. The van der Waals surface area contributed by atoms with Gasteiger partial charge < -0.3 is 5.73 Å². The van der Waals surface area contributed by atoms with Gasteiger partial charge in [0.05, 0.1) is 11.4 Å². The Labute approximate surface area is 114 Å². The molecule has 2 atom stereocenters. The zero-order chi connectivity index (χ0) is 13.7. The van der Waals surface area contributed by atoms with E-state index in [0.717, 1.165) is 22.8 Å². The minimum atomic E-state index is 0.481. The third kappa shape index (κ3) is 3.48. The van der Waals surface area contributed by atoms with Crippen molar-refractivity contribution in [2.24, 2.45) is 17.8 Å². The molecular formula is C14H23N3S. The minimum absolute atomic E-state index is 0.481. The molecule has 18 heavy (non-hydrogen) atoms. The number of hydrogen-bond donors (Lipinski definition) is 1. The lowest BCUT2D eigenvalue weighted by Gasteiger charge is -2.24. The van der Waals surface area contributed by atoms with Crippen LogP contribution in [0.5, 0.6) is 0 Å². The van der Waals surface area contributed by atoms with E-state index in [-0.39, 0.29) is 0 Å². The maximum absolute atomic E-state index is 6.09. The molecule has 2 unspecified atom stereocenters. The molecule has 3 nitrogen and oxygen atoms in total. The highest BCUT2D eigenvalue weighted by Crippen LogP contribution is 2.28. The van der Waals surface area contributed by atoms with Gasteiger partial charge in [0.15, 0.2) is 0 Å². The van der Waals surface area contributed by atoms with Crippen molar-refractivity contribution in [3.8, 4) is 0 Å². The summed E-state index contributed by atoms with van der Waals surface area (Å²) in [5.41, 5.74) is 7.77. The van der Waals surface area contributed by atoms with E-state index in [1.807, 2.05) is 12.3 Å². The molecule has 0 bridgehead atoms. The molecule has 0 saturated heterocycles. The van der Waals surface area contributed by atoms with Crippen LogP contribution in [-0.4, -0.2) is 16.2 Å². The average Bonchev–Trinajstić information content (AvgIpc) is 2.32. The van der Waals surface area contributed by atoms with Gasteiger partial charge in [-0.15, -0.1) is 18.3 Å². The van der Waals surface area contributed by atoms with Crippen molar-refractivity contribution in [3.05, 3.63) is 24.7 Å². The zero-order valence-electron chi connectivity index (χ0n) is 11.7. The summed E-state index contributed by atoms with van der Waals surface area (Å²) in [6, 6.07) is 0. The molecule has 1 rings (SSSR count). The summed E-state index contributed by atoms with van der Waals surface area (Å²) >= 11 is 1.56. The molecule has 0 saturated carbocycles. The molecule has 0 aliphatic heterocycles. The van der Waals surface area contributed by atoms with E-state index in [0.29, 0.717) is 17.8 Å². The molecule has 0 aromatic carbocycles. The molecule has 0 amide bonds. The molecule has 0 fully saturated rings. The van der Waals surface area contributed by atoms with Gasteiger partial charge in [-0.1, -0.05) is 26.8 Å². The Balaban J connectivity index is 2.87. The second-order valence-electron chi connectivity index (χ2n) is 4.98. The van der Waals surface area contributed by atoms with Crippen LogP contribution < -0.4 is 5.73 Å². The summed E-state index contributed by atoms with van der Waals surface area (Å²) < 4.78 is 0. The van der Waals surface area contributed by atoms with Gasteiger partial charge >= 0.3 is 0 Å². The predicted molar refractivity (Wildman–Crippen MR) is 79.6 cm³/mol. The van der Waals surface area contributed by atoms with Gasteiger partial charge in [-0.2, -0.15) is 0 Å². The zero-order valence-corrected chi connectivity index (χ0v) is 12.5. The molecular weight excluding hydrogens is 242 g/mol. The Kier molecular flexibility index (Phi) is 5.66. The Hall–Kier alpha value is -1.03. The highest BCUT2D eigenvalue weighted by molar-refractivity contribution is 7.98. The lowest BCUT2D eigenvalue weighted by atomic mass is 9.82. The second-order valence-corrected chi connectivity index (χ2v) is 5.78.